The van der Waals surface area contributed by atoms with Crippen molar-refractivity contribution in [3.8, 4) is 17.1 Å². The molecule has 2 aromatic heterocycles. The Morgan fingerprint density at radius 1 is 1.07 bits per heavy atom. The Labute approximate surface area is 263 Å². The highest BCUT2D eigenvalue weighted by Crippen LogP contribution is 2.39. The molecule has 0 saturated heterocycles. The first kappa shape index (κ1) is 32.1. The molecule has 5 rings (SSSR count). The summed E-state index contributed by atoms with van der Waals surface area (Å²) in [5.74, 6) is 0.0317. The number of aromatic nitrogens is 3. The van der Waals surface area contributed by atoms with Crippen molar-refractivity contribution >= 4 is 21.9 Å². The zero-order valence-corrected chi connectivity index (χ0v) is 26.9. The first-order chi connectivity index (χ1) is 21.3. The lowest BCUT2D eigenvalue weighted by Gasteiger charge is -2.26. The van der Waals surface area contributed by atoms with Gasteiger partial charge in [-0.05, 0) is 67.9 Å². The predicted octanol–water partition coefficient (Wildman–Crippen LogP) is 6.10. The molecule has 1 atom stereocenters. The second kappa shape index (κ2) is 13.0. The van der Waals surface area contributed by atoms with Crippen LogP contribution < -0.4 is 14.8 Å². The molecular formula is C33H39N5O6S. The van der Waals surface area contributed by atoms with Crippen molar-refractivity contribution in [3.05, 3.63) is 82.7 Å². The lowest BCUT2D eigenvalue weighted by atomic mass is 9.88. The second-order valence-corrected chi connectivity index (χ2v) is 14.4. The van der Waals surface area contributed by atoms with Crippen LogP contribution in [-0.2, 0) is 16.6 Å². The summed E-state index contributed by atoms with van der Waals surface area (Å²) in [6.45, 7) is 11.1. The fourth-order valence-corrected chi connectivity index (χ4v) is 6.20. The number of carboxylic acids is 1. The van der Waals surface area contributed by atoms with Gasteiger partial charge in [0.25, 0.3) is 10.0 Å². The van der Waals surface area contributed by atoms with Crippen molar-refractivity contribution in [2.24, 2.45) is 5.41 Å². The van der Waals surface area contributed by atoms with Crippen LogP contribution >= 0.6 is 0 Å². The minimum Gasteiger partial charge on any atom is -0.478 e. The topological polar surface area (TPSA) is 157 Å². The molecular weight excluding hydrogens is 594 g/mol. The largest absolute Gasteiger partial charge is 0.478 e. The second-order valence-electron chi connectivity index (χ2n) is 12.8. The highest BCUT2D eigenvalue weighted by Gasteiger charge is 2.27. The van der Waals surface area contributed by atoms with E-state index in [2.05, 4.69) is 45.9 Å². The third kappa shape index (κ3) is 8.46. The lowest BCUT2D eigenvalue weighted by Crippen LogP contribution is -2.37. The molecule has 0 radical (unpaired) electrons. The number of anilines is 1. The summed E-state index contributed by atoms with van der Waals surface area (Å²) < 4.78 is 40.8. The Morgan fingerprint density at radius 3 is 2.44 bits per heavy atom. The number of carbonyl (C=O) groups is 1. The number of nitrogens with zero attached hydrogens (tertiary/aromatic N) is 3. The van der Waals surface area contributed by atoms with Crippen LogP contribution in [0.25, 0.3) is 11.3 Å². The number of nitrogens with one attached hydrogen (secondary N) is 2. The third-order valence-corrected chi connectivity index (χ3v) is 8.81. The van der Waals surface area contributed by atoms with E-state index in [0.29, 0.717) is 18.2 Å². The van der Waals surface area contributed by atoms with Crippen LogP contribution in [0.2, 0.25) is 0 Å². The molecule has 0 bridgehead atoms. The molecule has 2 aromatic carbocycles. The van der Waals surface area contributed by atoms with Gasteiger partial charge in [-0.25, -0.2) is 22.9 Å². The minimum atomic E-state index is -4.22. The van der Waals surface area contributed by atoms with Crippen LogP contribution in [0.4, 0.5) is 5.95 Å². The van der Waals surface area contributed by atoms with E-state index >= 15 is 0 Å². The molecule has 2 heterocycles. The highest BCUT2D eigenvalue weighted by atomic mass is 32.2. The number of rotatable bonds is 13. The molecule has 45 heavy (non-hydrogen) atoms. The lowest BCUT2D eigenvalue weighted by molar-refractivity contribution is 0.0696. The van der Waals surface area contributed by atoms with E-state index in [1.165, 1.54) is 18.2 Å². The molecule has 3 N–H and O–H groups in total. The van der Waals surface area contributed by atoms with Gasteiger partial charge in [0.05, 0.1) is 28.4 Å². The van der Waals surface area contributed by atoms with Crippen LogP contribution in [-0.4, -0.2) is 47.3 Å². The summed E-state index contributed by atoms with van der Waals surface area (Å²) in [7, 11) is -4.22. The van der Waals surface area contributed by atoms with Gasteiger partial charge < -0.3 is 19.7 Å². The molecule has 0 aliphatic heterocycles. The molecule has 0 spiro atoms. The number of hydrogen-bond acceptors (Lipinski definition) is 9. The monoisotopic (exact) mass is 633 g/mol. The normalized spacial score (nSPS) is 14.2. The van der Waals surface area contributed by atoms with E-state index < -0.39 is 16.0 Å². The van der Waals surface area contributed by atoms with Crippen LogP contribution in [0.5, 0.6) is 5.88 Å². The maximum absolute atomic E-state index is 13.3. The van der Waals surface area contributed by atoms with Gasteiger partial charge in [-0.3, -0.25) is 0 Å². The van der Waals surface area contributed by atoms with Crippen molar-refractivity contribution in [1.82, 2.24) is 20.4 Å². The standard InChI is InChI=1S/C33H39N5O6S/c1-20-8-6-9-21(2)30(20)28-16-29(36-32(35-28)38-45(41,42)26-11-7-10-23(14-26)31(39)40)43-19-24(17-33(3,4)5)34-18-25-15-27(37-44-25)22-12-13-22/h6-11,14-16,22,24,34H,12-13,17-19H2,1-5H3,(H,39,40)(H,35,36,38)/t24-/m1/s1. The van der Waals surface area contributed by atoms with E-state index in [4.69, 9.17) is 9.26 Å². The number of hydrogen-bond donors (Lipinski definition) is 3. The average Bonchev–Trinajstić information content (AvgIpc) is 3.71. The van der Waals surface area contributed by atoms with E-state index in [0.717, 1.165) is 53.5 Å². The van der Waals surface area contributed by atoms with Gasteiger partial charge in [-0.15, -0.1) is 0 Å². The molecule has 11 nitrogen and oxygen atoms in total. The molecule has 0 amide bonds. The van der Waals surface area contributed by atoms with Crippen molar-refractivity contribution < 1.29 is 27.6 Å². The summed E-state index contributed by atoms with van der Waals surface area (Å²) in [5.41, 5.74) is 4.06. The Bertz CT molecular complexity index is 1770. The average molecular weight is 634 g/mol. The molecule has 12 heteroatoms. The first-order valence-electron chi connectivity index (χ1n) is 14.9. The predicted molar refractivity (Wildman–Crippen MR) is 170 cm³/mol. The van der Waals surface area contributed by atoms with Gasteiger partial charge in [0.2, 0.25) is 11.8 Å². The number of aryl methyl sites for hydroxylation is 2. The third-order valence-electron chi connectivity index (χ3n) is 7.49. The van der Waals surface area contributed by atoms with E-state index in [-0.39, 0.29) is 40.4 Å². The highest BCUT2D eigenvalue weighted by molar-refractivity contribution is 7.92. The van der Waals surface area contributed by atoms with E-state index in [9.17, 15) is 18.3 Å². The fraction of sp³-hybridized carbons (Fsp3) is 0.394. The van der Waals surface area contributed by atoms with Crippen molar-refractivity contribution in [2.45, 2.75) is 77.3 Å². The fourth-order valence-electron chi connectivity index (χ4n) is 5.21. The zero-order chi connectivity index (χ0) is 32.4. The van der Waals surface area contributed by atoms with Gasteiger partial charge in [0, 0.05) is 29.7 Å². The molecule has 238 valence electrons. The summed E-state index contributed by atoms with van der Waals surface area (Å²) >= 11 is 0. The smallest absolute Gasteiger partial charge is 0.335 e. The minimum absolute atomic E-state index is 0.0119. The SMILES string of the molecule is Cc1cccc(C)c1-c1cc(OC[C@@H](CC(C)(C)C)NCc2cc(C3CC3)no2)nc(NS(=O)(=O)c2cccc(C(=O)O)c2)n1. The maximum Gasteiger partial charge on any atom is 0.335 e. The molecule has 0 unspecified atom stereocenters. The Kier molecular flexibility index (Phi) is 9.26. The van der Waals surface area contributed by atoms with Gasteiger partial charge >= 0.3 is 5.97 Å². The summed E-state index contributed by atoms with van der Waals surface area (Å²) in [6.07, 6.45) is 3.08. The Hall–Kier alpha value is -4.29. The van der Waals surface area contributed by atoms with Crippen LogP contribution in [0.1, 0.15) is 78.9 Å². The summed E-state index contributed by atoms with van der Waals surface area (Å²) in [5, 5.41) is 17.1. The van der Waals surface area contributed by atoms with Gasteiger partial charge in [0.1, 0.15) is 6.61 Å². The number of ether oxygens (including phenoxy) is 1. The Morgan fingerprint density at radius 2 is 1.78 bits per heavy atom. The molecule has 1 fully saturated rings. The molecule has 1 aliphatic carbocycles. The number of benzene rings is 2. The molecule has 4 aromatic rings. The van der Waals surface area contributed by atoms with Crippen molar-refractivity contribution in [2.75, 3.05) is 11.3 Å². The zero-order valence-electron chi connectivity index (χ0n) is 26.1. The summed E-state index contributed by atoms with van der Waals surface area (Å²) in [6, 6.07) is 14.6. The molecule has 1 saturated carbocycles. The van der Waals surface area contributed by atoms with E-state index in [1.807, 2.05) is 38.1 Å². The van der Waals surface area contributed by atoms with Crippen LogP contribution in [0.15, 0.2) is 64.0 Å². The first-order valence-corrected chi connectivity index (χ1v) is 16.4. The van der Waals surface area contributed by atoms with Crippen molar-refractivity contribution in [1.29, 1.82) is 0 Å². The quantitative estimate of drug-likeness (QED) is 0.157. The van der Waals surface area contributed by atoms with Gasteiger partial charge in [-0.2, -0.15) is 4.98 Å². The van der Waals surface area contributed by atoms with Crippen LogP contribution in [0, 0.1) is 19.3 Å². The number of aromatic carboxylic acids is 1. The number of sulfonamides is 1. The molecule has 1 aliphatic rings. The maximum atomic E-state index is 13.3. The van der Waals surface area contributed by atoms with Gasteiger partial charge in [0.15, 0.2) is 5.76 Å². The Balaban J connectivity index is 1.42. The number of carboxylic acid groups (broad SMARTS) is 1. The van der Waals surface area contributed by atoms with Gasteiger partial charge in [-0.1, -0.05) is 50.2 Å². The van der Waals surface area contributed by atoms with E-state index in [1.54, 1.807) is 6.07 Å². The van der Waals surface area contributed by atoms with Crippen LogP contribution in [0.3, 0.4) is 0 Å². The summed E-state index contributed by atoms with van der Waals surface area (Å²) in [4.78, 5) is 20.2. The van der Waals surface area contributed by atoms with Crippen molar-refractivity contribution in [3.63, 3.8) is 0 Å².